The summed E-state index contributed by atoms with van der Waals surface area (Å²) in [7, 11) is 1.55. The molecule has 5 nitrogen and oxygen atoms in total. The van der Waals surface area contributed by atoms with E-state index in [9.17, 15) is 9.59 Å². The first-order chi connectivity index (χ1) is 8.99. The van der Waals surface area contributed by atoms with Crippen LogP contribution in [0.15, 0.2) is 22.7 Å². The molecule has 0 bridgehead atoms. The maximum Gasteiger partial charge on any atom is 0.333 e. The highest BCUT2D eigenvalue weighted by molar-refractivity contribution is 9.10. The predicted molar refractivity (Wildman–Crippen MR) is 73.9 cm³/mol. The Morgan fingerprint density at radius 1 is 1.42 bits per heavy atom. The molecule has 6 heteroatoms. The lowest BCUT2D eigenvalue weighted by Gasteiger charge is -2.17. The fraction of sp³-hybridized carbons (Fsp3) is 0.385. The van der Waals surface area contributed by atoms with Gasteiger partial charge in [-0.3, -0.25) is 4.79 Å². The monoisotopic (exact) mass is 329 g/mol. The Hall–Kier alpha value is -1.56. The van der Waals surface area contributed by atoms with Crippen LogP contribution in [0.1, 0.15) is 25.5 Å². The molecule has 1 N–H and O–H groups in total. The average molecular weight is 330 g/mol. The molecule has 0 aromatic heterocycles. The molecule has 0 aliphatic rings. The Morgan fingerprint density at radius 3 is 2.58 bits per heavy atom. The van der Waals surface area contributed by atoms with Crippen LogP contribution in [0.3, 0.4) is 0 Å². The number of rotatable bonds is 5. The molecule has 1 amide bonds. The molecule has 19 heavy (non-hydrogen) atoms. The number of methoxy groups -OCH3 is 1. The number of esters is 1. The lowest BCUT2D eigenvalue weighted by Crippen LogP contribution is -2.33. The Morgan fingerprint density at radius 2 is 2.11 bits per heavy atom. The first-order valence-electron chi connectivity index (χ1n) is 5.76. The number of hydrogen-bond acceptors (Lipinski definition) is 4. The molecular formula is C13H16BrNO4. The number of ether oxygens (including phenoxy) is 2. The summed E-state index contributed by atoms with van der Waals surface area (Å²) in [5.74, 6) is -0.144. The summed E-state index contributed by atoms with van der Waals surface area (Å²) in [5.41, 5.74) is 0.626. The van der Waals surface area contributed by atoms with E-state index in [0.717, 1.165) is 0 Å². The molecule has 0 saturated heterocycles. The van der Waals surface area contributed by atoms with Gasteiger partial charge in [0.05, 0.1) is 18.2 Å². The summed E-state index contributed by atoms with van der Waals surface area (Å²) in [5, 5.41) is 2.57. The Kier molecular flexibility index (Phi) is 5.82. The topological polar surface area (TPSA) is 64.6 Å². The van der Waals surface area contributed by atoms with Gasteiger partial charge in [0.2, 0.25) is 5.91 Å². The van der Waals surface area contributed by atoms with Crippen LogP contribution in [-0.2, 0) is 14.3 Å². The quantitative estimate of drug-likeness (QED) is 0.841. The molecule has 1 aromatic rings. The van der Waals surface area contributed by atoms with E-state index in [1.807, 2.05) is 0 Å². The van der Waals surface area contributed by atoms with Crippen LogP contribution >= 0.6 is 15.9 Å². The number of amides is 1. The van der Waals surface area contributed by atoms with Crippen LogP contribution in [-0.4, -0.2) is 25.6 Å². The van der Waals surface area contributed by atoms with Gasteiger partial charge in [-0.1, -0.05) is 6.07 Å². The summed E-state index contributed by atoms with van der Waals surface area (Å²) >= 11 is 3.34. The molecule has 1 rings (SSSR count). The lowest BCUT2D eigenvalue weighted by atomic mass is 10.1. The van der Waals surface area contributed by atoms with Crippen LogP contribution in [0.5, 0.6) is 5.75 Å². The minimum absolute atomic E-state index is 0.256. The minimum atomic E-state index is -0.820. The van der Waals surface area contributed by atoms with Crippen LogP contribution in [0, 0.1) is 0 Å². The van der Waals surface area contributed by atoms with Crippen LogP contribution in [0.25, 0.3) is 0 Å². The fourth-order valence-electron chi connectivity index (χ4n) is 1.57. The van der Waals surface area contributed by atoms with E-state index in [-0.39, 0.29) is 12.5 Å². The van der Waals surface area contributed by atoms with Crippen molar-refractivity contribution in [1.29, 1.82) is 0 Å². The maximum atomic E-state index is 11.9. The average Bonchev–Trinajstić information content (AvgIpc) is 2.36. The third-order valence-corrected chi connectivity index (χ3v) is 3.00. The standard InChI is InChI=1S/C13H16BrNO4/c1-4-19-13(17)12(15-8(2)16)9-5-6-11(18-3)10(14)7-9/h5-7,12H,4H2,1-3H3,(H,15,16). The smallest absolute Gasteiger partial charge is 0.333 e. The van der Waals surface area contributed by atoms with E-state index in [0.29, 0.717) is 15.8 Å². The zero-order valence-corrected chi connectivity index (χ0v) is 12.6. The van der Waals surface area contributed by atoms with Gasteiger partial charge in [-0.15, -0.1) is 0 Å². The molecule has 0 aliphatic heterocycles. The third kappa shape index (κ3) is 4.24. The molecule has 0 aliphatic carbocycles. The van der Waals surface area contributed by atoms with Gasteiger partial charge >= 0.3 is 5.97 Å². The van der Waals surface area contributed by atoms with Gasteiger partial charge in [-0.25, -0.2) is 4.79 Å². The Balaban J connectivity index is 3.06. The van der Waals surface area contributed by atoms with Gasteiger partial charge in [-0.2, -0.15) is 0 Å². The van der Waals surface area contributed by atoms with Crippen molar-refractivity contribution in [3.05, 3.63) is 28.2 Å². The molecule has 0 fully saturated rings. The number of hydrogen-bond donors (Lipinski definition) is 1. The highest BCUT2D eigenvalue weighted by atomic mass is 79.9. The van der Waals surface area contributed by atoms with E-state index in [2.05, 4.69) is 21.2 Å². The summed E-state index contributed by atoms with van der Waals surface area (Å²) in [4.78, 5) is 23.1. The molecule has 0 heterocycles. The molecule has 0 spiro atoms. The zero-order chi connectivity index (χ0) is 14.4. The largest absolute Gasteiger partial charge is 0.496 e. The van der Waals surface area contributed by atoms with Gasteiger partial charge in [0, 0.05) is 6.92 Å². The van der Waals surface area contributed by atoms with Crippen molar-refractivity contribution in [2.75, 3.05) is 13.7 Å². The van der Waals surface area contributed by atoms with Crippen molar-refractivity contribution in [3.8, 4) is 5.75 Å². The summed E-state index contributed by atoms with van der Waals surface area (Å²) in [6.45, 7) is 3.32. The van der Waals surface area contributed by atoms with Gasteiger partial charge in [0.1, 0.15) is 5.75 Å². The van der Waals surface area contributed by atoms with Gasteiger partial charge in [-0.05, 0) is 40.5 Å². The van der Waals surface area contributed by atoms with Crippen molar-refractivity contribution in [1.82, 2.24) is 5.32 Å². The molecular weight excluding hydrogens is 314 g/mol. The van der Waals surface area contributed by atoms with Crippen molar-refractivity contribution in [2.24, 2.45) is 0 Å². The predicted octanol–water partition coefficient (Wildman–Crippen LogP) is 2.20. The fourth-order valence-corrected chi connectivity index (χ4v) is 2.13. The van der Waals surface area contributed by atoms with Crippen molar-refractivity contribution in [2.45, 2.75) is 19.9 Å². The van der Waals surface area contributed by atoms with Crippen molar-refractivity contribution >= 4 is 27.8 Å². The van der Waals surface area contributed by atoms with Crippen molar-refractivity contribution in [3.63, 3.8) is 0 Å². The summed E-state index contributed by atoms with van der Waals surface area (Å²) in [6, 6.07) is 4.32. The highest BCUT2D eigenvalue weighted by Gasteiger charge is 2.23. The van der Waals surface area contributed by atoms with Gasteiger partial charge in [0.25, 0.3) is 0 Å². The molecule has 104 valence electrons. The second-order valence-electron chi connectivity index (χ2n) is 3.78. The van der Waals surface area contributed by atoms with E-state index in [4.69, 9.17) is 9.47 Å². The Labute approximate surface area is 120 Å². The van der Waals surface area contributed by atoms with Gasteiger partial charge < -0.3 is 14.8 Å². The van der Waals surface area contributed by atoms with Crippen LogP contribution in [0.2, 0.25) is 0 Å². The van der Waals surface area contributed by atoms with Gasteiger partial charge in [0.15, 0.2) is 6.04 Å². The molecule has 1 unspecified atom stereocenters. The minimum Gasteiger partial charge on any atom is -0.496 e. The summed E-state index contributed by atoms with van der Waals surface area (Å²) in [6.07, 6.45) is 0. The SMILES string of the molecule is CCOC(=O)C(NC(C)=O)c1ccc(OC)c(Br)c1. The van der Waals surface area contributed by atoms with E-state index < -0.39 is 12.0 Å². The van der Waals surface area contributed by atoms with E-state index in [1.54, 1.807) is 32.2 Å². The van der Waals surface area contributed by atoms with E-state index in [1.165, 1.54) is 6.92 Å². The maximum absolute atomic E-state index is 11.9. The normalized spacial score (nSPS) is 11.6. The first-order valence-corrected chi connectivity index (χ1v) is 6.56. The van der Waals surface area contributed by atoms with Crippen LogP contribution in [0.4, 0.5) is 0 Å². The second-order valence-corrected chi connectivity index (χ2v) is 4.63. The third-order valence-electron chi connectivity index (χ3n) is 2.38. The zero-order valence-electron chi connectivity index (χ0n) is 11.0. The van der Waals surface area contributed by atoms with E-state index >= 15 is 0 Å². The Bertz CT molecular complexity index is 476. The van der Waals surface area contributed by atoms with Crippen LogP contribution < -0.4 is 10.1 Å². The number of nitrogens with one attached hydrogen (secondary N) is 1. The molecule has 0 radical (unpaired) electrons. The summed E-state index contributed by atoms with van der Waals surface area (Å²) < 4.78 is 10.8. The number of carbonyl (C=O) groups excluding carboxylic acids is 2. The number of halogens is 1. The first kappa shape index (κ1) is 15.5. The number of carbonyl (C=O) groups is 2. The second kappa shape index (κ2) is 7.13. The molecule has 1 aromatic carbocycles. The number of benzene rings is 1. The highest BCUT2D eigenvalue weighted by Crippen LogP contribution is 2.28. The lowest BCUT2D eigenvalue weighted by molar-refractivity contribution is -0.147. The molecule has 0 saturated carbocycles. The molecule has 1 atom stereocenters. The van der Waals surface area contributed by atoms with Crippen molar-refractivity contribution < 1.29 is 19.1 Å².